The van der Waals surface area contributed by atoms with Gasteiger partial charge in [0.25, 0.3) is 0 Å². The lowest BCUT2D eigenvalue weighted by molar-refractivity contribution is -0.164. The van der Waals surface area contributed by atoms with Gasteiger partial charge in [0.15, 0.2) is 6.10 Å². The van der Waals surface area contributed by atoms with Crippen molar-refractivity contribution in [1.29, 1.82) is 0 Å². The van der Waals surface area contributed by atoms with Crippen molar-refractivity contribution in [3.8, 4) is 16.9 Å². The molecule has 1 aliphatic carbocycles. The summed E-state index contributed by atoms with van der Waals surface area (Å²) >= 11 is 0. The summed E-state index contributed by atoms with van der Waals surface area (Å²) in [4.78, 5) is 17.9. The van der Waals surface area contributed by atoms with Crippen LogP contribution in [0.2, 0.25) is 0 Å². The van der Waals surface area contributed by atoms with E-state index in [9.17, 15) is 4.79 Å². The average molecular weight is 446 g/mol. The van der Waals surface area contributed by atoms with Gasteiger partial charge in [0, 0.05) is 29.1 Å². The first-order valence-electron chi connectivity index (χ1n) is 11.7. The normalized spacial score (nSPS) is 16.4. The molecule has 1 unspecified atom stereocenters. The van der Waals surface area contributed by atoms with E-state index in [0.717, 1.165) is 58.2 Å². The molecule has 172 valence electrons. The number of nitrogens with zero attached hydrogens (tertiary/aromatic N) is 1. The first kappa shape index (κ1) is 21.9. The molecule has 2 aromatic carbocycles. The fourth-order valence-corrected chi connectivity index (χ4v) is 4.90. The Kier molecular flexibility index (Phi) is 5.40. The summed E-state index contributed by atoms with van der Waals surface area (Å²) in [6, 6.07) is 10.5. The van der Waals surface area contributed by atoms with Crippen LogP contribution in [0.3, 0.4) is 0 Å². The molecule has 5 heteroatoms. The molecule has 2 heterocycles. The highest BCUT2D eigenvalue weighted by molar-refractivity contribution is 6.01. The zero-order chi connectivity index (χ0) is 23.3. The lowest BCUT2D eigenvalue weighted by Crippen LogP contribution is -2.29. The number of aromatic nitrogens is 1. The van der Waals surface area contributed by atoms with Crippen LogP contribution >= 0.6 is 0 Å². The quantitative estimate of drug-likeness (QED) is 0.447. The van der Waals surface area contributed by atoms with Crippen LogP contribution in [0.25, 0.3) is 22.0 Å². The molecule has 2 aliphatic rings. The van der Waals surface area contributed by atoms with Crippen molar-refractivity contribution in [2.24, 2.45) is 0 Å². The van der Waals surface area contributed by atoms with E-state index in [2.05, 4.69) is 24.3 Å². The molecule has 33 heavy (non-hydrogen) atoms. The van der Waals surface area contributed by atoms with Gasteiger partial charge >= 0.3 is 5.97 Å². The molecule has 5 nitrogen and oxygen atoms in total. The summed E-state index contributed by atoms with van der Waals surface area (Å²) in [7, 11) is 1.42. The number of hydrogen-bond acceptors (Lipinski definition) is 5. The predicted molar refractivity (Wildman–Crippen MR) is 129 cm³/mol. The van der Waals surface area contributed by atoms with Gasteiger partial charge in [0.05, 0.1) is 24.8 Å². The molecule has 1 atom stereocenters. The van der Waals surface area contributed by atoms with E-state index in [1.54, 1.807) is 0 Å². The molecule has 0 spiro atoms. The van der Waals surface area contributed by atoms with E-state index in [1.807, 2.05) is 40.0 Å². The van der Waals surface area contributed by atoms with E-state index in [0.29, 0.717) is 12.5 Å². The third-order valence-corrected chi connectivity index (χ3v) is 6.50. The van der Waals surface area contributed by atoms with Crippen LogP contribution in [0, 0.1) is 6.92 Å². The Morgan fingerprint density at radius 1 is 1.15 bits per heavy atom. The smallest absolute Gasteiger partial charge is 0.339 e. The molecule has 0 N–H and O–H groups in total. The summed E-state index contributed by atoms with van der Waals surface area (Å²) in [5.41, 5.74) is 6.85. The van der Waals surface area contributed by atoms with Crippen LogP contribution in [0.1, 0.15) is 67.9 Å². The minimum absolute atomic E-state index is 0.388. The van der Waals surface area contributed by atoms with Crippen molar-refractivity contribution in [3.63, 3.8) is 0 Å². The summed E-state index contributed by atoms with van der Waals surface area (Å²) < 4.78 is 17.5. The fraction of sp³-hybridized carbons (Fsp3) is 0.429. The topological polar surface area (TPSA) is 57.7 Å². The largest absolute Gasteiger partial charge is 0.493 e. The second-order valence-corrected chi connectivity index (χ2v) is 10.1. The number of hydrogen-bond donors (Lipinski definition) is 0. The molecule has 5 rings (SSSR count). The number of aryl methyl sites for hydroxylation is 1. The van der Waals surface area contributed by atoms with Crippen LogP contribution in [0.5, 0.6) is 5.75 Å². The number of carbonyl (C=O) groups excluding carboxylic acids is 1. The number of ether oxygens (including phenoxy) is 3. The van der Waals surface area contributed by atoms with Crippen molar-refractivity contribution >= 4 is 16.9 Å². The molecule has 3 aromatic rings. The second-order valence-electron chi connectivity index (χ2n) is 10.1. The number of rotatable bonds is 5. The minimum Gasteiger partial charge on any atom is -0.493 e. The third kappa shape index (κ3) is 3.99. The van der Waals surface area contributed by atoms with Gasteiger partial charge in [0.1, 0.15) is 5.75 Å². The molecule has 1 aliphatic heterocycles. The Bertz CT molecular complexity index is 1230. The zero-order valence-electron chi connectivity index (χ0n) is 20.0. The highest BCUT2D eigenvalue weighted by Gasteiger charge is 2.36. The van der Waals surface area contributed by atoms with Gasteiger partial charge in [-0.2, -0.15) is 0 Å². The van der Waals surface area contributed by atoms with E-state index < -0.39 is 11.7 Å². The summed E-state index contributed by atoms with van der Waals surface area (Å²) in [6.45, 7) is 8.61. The Balaban J connectivity index is 1.82. The van der Waals surface area contributed by atoms with Crippen molar-refractivity contribution in [1.82, 2.24) is 4.98 Å². The van der Waals surface area contributed by atoms with Crippen molar-refractivity contribution < 1.29 is 19.0 Å². The maximum Gasteiger partial charge on any atom is 0.339 e. The fourth-order valence-electron chi connectivity index (χ4n) is 4.90. The number of pyridine rings is 1. The average Bonchev–Trinajstić information content (AvgIpc) is 3.62. The highest BCUT2D eigenvalue weighted by atomic mass is 16.6. The molecule has 1 saturated carbocycles. The summed E-state index contributed by atoms with van der Waals surface area (Å²) in [6.07, 6.45) is 4.22. The number of carbonyl (C=O) groups is 1. The van der Waals surface area contributed by atoms with Crippen LogP contribution in [-0.2, 0) is 20.7 Å². The summed E-state index contributed by atoms with van der Waals surface area (Å²) in [5.74, 6) is 0.969. The van der Waals surface area contributed by atoms with E-state index in [-0.39, 0.29) is 5.97 Å². The molecule has 0 amide bonds. The van der Waals surface area contributed by atoms with Crippen molar-refractivity contribution in [2.75, 3.05) is 13.7 Å². The maximum atomic E-state index is 13.1. The number of methoxy groups -OCH3 is 1. The second kappa shape index (κ2) is 8.14. The van der Waals surface area contributed by atoms with Crippen molar-refractivity contribution in [3.05, 3.63) is 58.8 Å². The lowest BCUT2D eigenvalue weighted by Gasteiger charge is -2.30. The monoisotopic (exact) mass is 445 g/mol. The van der Waals surface area contributed by atoms with E-state index in [4.69, 9.17) is 19.2 Å². The van der Waals surface area contributed by atoms with E-state index >= 15 is 0 Å². The van der Waals surface area contributed by atoms with Gasteiger partial charge in [-0.15, -0.1) is 0 Å². The minimum atomic E-state index is -0.828. The van der Waals surface area contributed by atoms with E-state index in [1.165, 1.54) is 18.2 Å². The Labute approximate surface area is 195 Å². The van der Waals surface area contributed by atoms with Gasteiger partial charge in [0.2, 0.25) is 0 Å². The zero-order valence-corrected chi connectivity index (χ0v) is 20.0. The molecule has 0 bridgehead atoms. The van der Waals surface area contributed by atoms with Gasteiger partial charge in [-0.05, 0) is 86.9 Å². The van der Waals surface area contributed by atoms with Crippen LogP contribution in [0.4, 0.5) is 0 Å². The Morgan fingerprint density at radius 3 is 2.64 bits per heavy atom. The molecule has 1 fully saturated rings. The molecule has 0 saturated heterocycles. The van der Waals surface area contributed by atoms with Gasteiger partial charge < -0.3 is 14.2 Å². The van der Waals surface area contributed by atoms with Crippen LogP contribution < -0.4 is 4.74 Å². The number of esters is 1. The first-order valence-corrected chi connectivity index (χ1v) is 11.7. The number of benzene rings is 2. The first-order chi connectivity index (χ1) is 15.8. The molecular weight excluding hydrogens is 414 g/mol. The maximum absolute atomic E-state index is 13.1. The third-order valence-electron chi connectivity index (χ3n) is 6.50. The van der Waals surface area contributed by atoms with Crippen LogP contribution in [0.15, 0.2) is 36.5 Å². The van der Waals surface area contributed by atoms with Gasteiger partial charge in [-0.3, -0.25) is 4.98 Å². The Morgan fingerprint density at radius 2 is 1.94 bits per heavy atom. The molecule has 0 radical (unpaired) electrons. The van der Waals surface area contributed by atoms with Gasteiger partial charge in [-0.25, -0.2) is 4.79 Å². The predicted octanol–water partition coefficient (Wildman–Crippen LogP) is 6.05. The Hall–Kier alpha value is -2.92. The highest BCUT2D eigenvalue weighted by Crippen LogP contribution is 2.50. The summed E-state index contributed by atoms with van der Waals surface area (Å²) in [5, 5.41) is 1.07. The standard InChI is InChI=1S/C28H31NO4/c1-16-6-9-19(17-7-8-17)24(22(16)26(27(30)31-5)33-28(2,3)4)20-10-11-21-23-18(13-15-32-21)12-14-29-25(20)23/h6,9-12,14,17,26H,7-8,13,15H2,1-5H3. The van der Waals surface area contributed by atoms with Crippen LogP contribution in [-0.4, -0.2) is 30.3 Å². The lowest BCUT2D eigenvalue weighted by atomic mass is 9.85. The van der Waals surface area contributed by atoms with Crippen molar-refractivity contribution in [2.45, 2.75) is 64.6 Å². The SMILES string of the molecule is COC(=O)C(OC(C)(C)C)c1c(C)ccc(C2CC2)c1-c1ccc2c3c(ccnc13)CCO2. The van der Waals surface area contributed by atoms with Gasteiger partial charge in [-0.1, -0.05) is 12.1 Å². The molecular formula is C28H31NO4. The molecule has 1 aromatic heterocycles.